The Balaban J connectivity index is 2.70. The van der Waals surface area contributed by atoms with E-state index < -0.39 is 0 Å². The van der Waals surface area contributed by atoms with Crippen molar-refractivity contribution < 1.29 is 4.74 Å². The molecule has 0 aliphatic carbocycles. The minimum atomic E-state index is -0.215. The number of hydrogen-bond donors (Lipinski definition) is 1. The van der Waals surface area contributed by atoms with Crippen LogP contribution in [0.1, 0.15) is 26.6 Å². The van der Waals surface area contributed by atoms with Crippen molar-refractivity contribution in [1.29, 1.82) is 0 Å². The van der Waals surface area contributed by atoms with E-state index in [-0.39, 0.29) is 5.60 Å². The molecule has 0 saturated carbocycles. The minimum Gasteiger partial charge on any atom is -0.485 e. The summed E-state index contributed by atoms with van der Waals surface area (Å²) in [6, 6.07) is 0. The SMILES string of the molecule is CC(C)(C)Oc1cnc(CN)nc1. The Labute approximate surface area is 78.1 Å². The molecule has 0 radical (unpaired) electrons. The zero-order chi connectivity index (χ0) is 9.90. The van der Waals surface area contributed by atoms with Crippen molar-refractivity contribution in [1.82, 2.24) is 9.97 Å². The molecule has 0 amide bonds. The van der Waals surface area contributed by atoms with E-state index >= 15 is 0 Å². The second-order valence-corrected chi connectivity index (χ2v) is 3.75. The van der Waals surface area contributed by atoms with Crippen molar-refractivity contribution >= 4 is 0 Å². The van der Waals surface area contributed by atoms with Crippen LogP contribution in [0, 0.1) is 0 Å². The third-order valence-corrected chi connectivity index (χ3v) is 1.29. The smallest absolute Gasteiger partial charge is 0.156 e. The van der Waals surface area contributed by atoms with Crippen LogP contribution in [0.4, 0.5) is 0 Å². The molecule has 0 aliphatic rings. The molecule has 72 valence electrons. The standard InChI is InChI=1S/C9H15N3O/c1-9(2,3)13-7-5-11-8(4-10)12-6-7/h5-6H,4,10H2,1-3H3. The predicted octanol–water partition coefficient (Wildman–Crippen LogP) is 1.11. The second-order valence-electron chi connectivity index (χ2n) is 3.75. The van der Waals surface area contributed by atoms with Gasteiger partial charge < -0.3 is 10.5 Å². The Kier molecular flexibility index (Phi) is 2.83. The lowest BCUT2D eigenvalue weighted by molar-refractivity contribution is 0.129. The number of hydrogen-bond acceptors (Lipinski definition) is 4. The molecular weight excluding hydrogens is 166 g/mol. The quantitative estimate of drug-likeness (QED) is 0.742. The Morgan fingerprint density at radius 3 is 2.23 bits per heavy atom. The van der Waals surface area contributed by atoms with E-state index in [9.17, 15) is 0 Å². The van der Waals surface area contributed by atoms with Crippen LogP contribution >= 0.6 is 0 Å². The number of nitrogens with zero attached hydrogens (tertiary/aromatic N) is 2. The van der Waals surface area contributed by atoms with Crippen molar-refractivity contribution in [2.75, 3.05) is 0 Å². The van der Waals surface area contributed by atoms with Crippen molar-refractivity contribution in [2.45, 2.75) is 32.9 Å². The van der Waals surface area contributed by atoms with Crippen LogP contribution in [0.5, 0.6) is 5.75 Å². The molecule has 0 aliphatic heterocycles. The number of rotatable bonds is 2. The van der Waals surface area contributed by atoms with E-state index in [0.29, 0.717) is 18.1 Å². The third kappa shape index (κ3) is 3.38. The fourth-order valence-electron chi connectivity index (χ4n) is 0.855. The Hall–Kier alpha value is -1.16. The maximum absolute atomic E-state index is 5.54. The van der Waals surface area contributed by atoms with Gasteiger partial charge in [-0.1, -0.05) is 0 Å². The molecule has 1 rings (SSSR count). The molecule has 4 heteroatoms. The van der Waals surface area contributed by atoms with Gasteiger partial charge >= 0.3 is 0 Å². The monoisotopic (exact) mass is 181 g/mol. The summed E-state index contributed by atoms with van der Waals surface area (Å²) >= 11 is 0. The molecule has 0 aromatic carbocycles. The van der Waals surface area contributed by atoms with Gasteiger partial charge in [-0.15, -0.1) is 0 Å². The normalized spacial score (nSPS) is 11.4. The molecule has 1 aromatic rings. The fraction of sp³-hybridized carbons (Fsp3) is 0.556. The zero-order valence-corrected chi connectivity index (χ0v) is 8.24. The maximum atomic E-state index is 5.54. The molecule has 13 heavy (non-hydrogen) atoms. The summed E-state index contributed by atoms with van der Waals surface area (Å²) in [6.45, 7) is 6.29. The molecule has 0 atom stereocenters. The molecule has 1 heterocycles. The first-order valence-corrected chi connectivity index (χ1v) is 4.21. The van der Waals surface area contributed by atoms with Crippen molar-refractivity contribution in [3.63, 3.8) is 0 Å². The van der Waals surface area contributed by atoms with E-state index in [4.69, 9.17) is 10.5 Å². The molecule has 0 saturated heterocycles. The van der Waals surface area contributed by atoms with Crippen LogP contribution in [-0.4, -0.2) is 15.6 Å². The highest BCUT2D eigenvalue weighted by Gasteiger charge is 2.11. The Morgan fingerprint density at radius 2 is 1.85 bits per heavy atom. The van der Waals surface area contributed by atoms with Gasteiger partial charge in [-0.3, -0.25) is 0 Å². The zero-order valence-electron chi connectivity index (χ0n) is 8.24. The first-order chi connectivity index (χ1) is 6.01. The van der Waals surface area contributed by atoms with Gasteiger partial charge in [0, 0.05) is 0 Å². The number of aromatic nitrogens is 2. The number of ether oxygens (including phenoxy) is 1. The fourth-order valence-corrected chi connectivity index (χ4v) is 0.855. The van der Waals surface area contributed by atoms with E-state index in [1.54, 1.807) is 12.4 Å². The first kappa shape index (κ1) is 9.92. The molecule has 0 fully saturated rings. The van der Waals surface area contributed by atoms with Gasteiger partial charge in [-0.25, -0.2) is 9.97 Å². The van der Waals surface area contributed by atoms with Crippen LogP contribution in [0.15, 0.2) is 12.4 Å². The highest BCUT2D eigenvalue weighted by Crippen LogP contribution is 2.14. The summed E-state index contributed by atoms with van der Waals surface area (Å²) in [5, 5.41) is 0. The maximum Gasteiger partial charge on any atom is 0.156 e. The van der Waals surface area contributed by atoms with Gasteiger partial charge in [0.2, 0.25) is 0 Å². The van der Waals surface area contributed by atoms with Crippen molar-refractivity contribution in [3.05, 3.63) is 18.2 Å². The Bertz CT molecular complexity index is 263. The molecule has 1 aromatic heterocycles. The van der Waals surface area contributed by atoms with E-state index in [1.807, 2.05) is 20.8 Å². The highest BCUT2D eigenvalue weighted by atomic mass is 16.5. The second kappa shape index (κ2) is 3.70. The lowest BCUT2D eigenvalue weighted by atomic mass is 10.2. The molecule has 0 unspecified atom stereocenters. The molecule has 0 bridgehead atoms. The van der Waals surface area contributed by atoms with Crippen LogP contribution in [0.3, 0.4) is 0 Å². The average molecular weight is 181 g/mol. The van der Waals surface area contributed by atoms with E-state index in [1.165, 1.54) is 0 Å². The van der Waals surface area contributed by atoms with Gasteiger partial charge in [-0.2, -0.15) is 0 Å². The lowest BCUT2D eigenvalue weighted by Crippen LogP contribution is -2.23. The first-order valence-electron chi connectivity index (χ1n) is 4.21. The van der Waals surface area contributed by atoms with E-state index in [2.05, 4.69) is 9.97 Å². The van der Waals surface area contributed by atoms with Gasteiger partial charge in [0.05, 0.1) is 18.9 Å². The Morgan fingerprint density at radius 1 is 1.31 bits per heavy atom. The summed E-state index contributed by atoms with van der Waals surface area (Å²) in [5.41, 5.74) is 5.15. The van der Waals surface area contributed by atoms with Crippen LogP contribution in [0.25, 0.3) is 0 Å². The minimum absolute atomic E-state index is 0.215. The van der Waals surface area contributed by atoms with Gasteiger partial charge in [0.25, 0.3) is 0 Å². The van der Waals surface area contributed by atoms with Gasteiger partial charge in [-0.05, 0) is 20.8 Å². The number of nitrogens with two attached hydrogens (primary N) is 1. The average Bonchev–Trinajstić information content (AvgIpc) is 2.03. The van der Waals surface area contributed by atoms with Crippen molar-refractivity contribution in [2.24, 2.45) is 5.73 Å². The van der Waals surface area contributed by atoms with E-state index in [0.717, 1.165) is 0 Å². The largest absolute Gasteiger partial charge is 0.485 e. The summed E-state index contributed by atoms with van der Waals surface area (Å²) in [5.74, 6) is 1.30. The lowest BCUT2D eigenvalue weighted by Gasteiger charge is -2.20. The predicted molar refractivity (Wildman–Crippen MR) is 50.3 cm³/mol. The molecule has 4 nitrogen and oxygen atoms in total. The third-order valence-electron chi connectivity index (χ3n) is 1.29. The van der Waals surface area contributed by atoms with Gasteiger partial charge in [0.1, 0.15) is 11.4 Å². The van der Waals surface area contributed by atoms with Crippen LogP contribution < -0.4 is 10.5 Å². The topological polar surface area (TPSA) is 61.0 Å². The van der Waals surface area contributed by atoms with Crippen LogP contribution in [-0.2, 0) is 6.54 Å². The molecule has 0 spiro atoms. The van der Waals surface area contributed by atoms with Gasteiger partial charge in [0.15, 0.2) is 5.75 Å². The highest BCUT2D eigenvalue weighted by molar-refractivity contribution is 5.13. The summed E-state index contributed by atoms with van der Waals surface area (Å²) < 4.78 is 5.54. The molecular formula is C9H15N3O. The summed E-state index contributed by atoms with van der Waals surface area (Å²) in [4.78, 5) is 8.04. The molecule has 2 N–H and O–H groups in total. The van der Waals surface area contributed by atoms with Crippen LogP contribution in [0.2, 0.25) is 0 Å². The summed E-state index contributed by atoms with van der Waals surface area (Å²) in [7, 11) is 0. The van der Waals surface area contributed by atoms with Crippen molar-refractivity contribution in [3.8, 4) is 5.75 Å². The summed E-state index contributed by atoms with van der Waals surface area (Å²) in [6.07, 6.45) is 3.28.